The maximum atomic E-state index is 12.5. The zero-order valence-electron chi connectivity index (χ0n) is 31.7. The maximum absolute atomic E-state index is 12.5. The van der Waals surface area contributed by atoms with Crippen LogP contribution >= 0.6 is 34.3 Å². The highest BCUT2D eigenvalue weighted by Gasteiger charge is 2.50. The number of aliphatic hydroxyl groups excluding tert-OH is 2. The Morgan fingerprint density at radius 3 is 2.48 bits per heavy atom. The normalized spacial score (nSPS) is 21.8. The first kappa shape index (κ1) is 38.3. The van der Waals surface area contributed by atoms with Gasteiger partial charge in [-0.05, 0) is 63.3 Å². The molecule has 300 valence electrons. The number of hydrogen-bond acceptors (Lipinski definition) is 18. The molecule has 58 heavy (non-hydrogen) atoms. The van der Waals surface area contributed by atoms with Crippen LogP contribution in [0.25, 0.3) is 41.6 Å². The van der Waals surface area contributed by atoms with Crippen LogP contribution in [0.4, 0.5) is 29.5 Å². The third-order valence-corrected chi connectivity index (χ3v) is 12.9. The van der Waals surface area contributed by atoms with Gasteiger partial charge in [0.15, 0.2) is 11.8 Å². The van der Waals surface area contributed by atoms with E-state index in [0.29, 0.717) is 68.5 Å². The van der Waals surface area contributed by atoms with Gasteiger partial charge in [-0.25, -0.2) is 24.9 Å². The molecule has 19 heteroatoms. The first-order chi connectivity index (χ1) is 28.0. The predicted octanol–water partition coefficient (Wildman–Crippen LogP) is 6.86. The molecule has 5 atom stereocenters. The molecule has 0 aliphatic heterocycles. The molecule has 0 saturated heterocycles. The molecule has 2 aliphatic carbocycles. The van der Waals surface area contributed by atoms with E-state index in [4.69, 9.17) is 40.7 Å². The number of ether oxygens (including phenoxy) is 1. The monoisotopic (exact) mass is 841 g/mol. The number of nitrogens with zero attached hydrogens (tertiary/aromatic N) is 8. The van der Waals surface area contributed by atoms with Crippen molar-refractivity contribution in [3.8, 4) is 26.9 Å². The van der Waals surface area contributed by atoms with Crippen molar-refractivity contribution in [3.05, 3.63) is 65.8 Å². The lowest BCUT2D eigenvalue weighted by atomic mass is 10.0. The molecule has 16 nitrogen and oxygen atoms in total. The highest BCUT2D eigenvalue weighted by Crippen LogP contribution is 2.44. The van der Waals surface area contributed by atoms with Gasteiger partial charge in [-0.1, -0.05) is 23.7 Å². The van der Waals surface area contributed by atoms with Gasteiger partial charge < -0.3 is 40.0 Å². The fraction of sp³-hybridized carbons (Fsp3) is 0.359. The summed E-state index contributed by atoms with van der Waals surface area (Å²) in [4.78, 5) is 34.5. The summed E-state index contributed by atoms with van der Waals surface area (Å²) in [6, 6.07) is 13.4. The summed E-state index contributed by atoms with van der Waals surface area (Å²) < 4.78 is 13.9. The number of nitrogens with one attached hydrogen (secondary N) is 3. The van der Waals surface area contributed by atoms with Crippen LogP contribution in [0, 0.1) is 12.8 Å². The van der Waals surface area contributed by atoms with Crippen LogP contribution in [0.1, 0.15) is 37.8 Å². The van der Waals surface area contributed by atoms with E-state index in [2.05, 4.69) is 30.9 Å². The fourth-order valence-corrected chi connectivity index (χ4v) is 9.95. The molecule has 2 saturated carbocycles. The summed E-state index contributed by atoms with van der Waals surface area (Å²) in [5.74, 6) is 1.50. The third-order valence-electron chi connectivity index (χ3n) is 10.5. The second-order valence-electron chi connectivity index (χ2n) is 14.7. The summed E-state index contributed by atoms with van der Waals surface area (Å²) in [6.07, 6.45) is 4.70. The lowest BCUT2D eigenvalue weighted by Crippen LogP contribution is -2.51. The van der Waals surface area contributed by atoms with Crippen molar-refractivity contribution < 1.29 is 24.5 Å². The number of halogens is 1. The molecule has 6 N–H and O–H groups in total. The standard InChI is InChI=1S/C39H40ClN11O5S2/c1-19-28(34-44-23-7-4-5-10-26(23)57-34)33(47-36(42-19)49-38-41-15-16-55-38)50-39(54)14-13-20(18-52)30(39)56-21-11-12-27-24(17-21)45-35(58-27)29-31(40)46-37(51(2)3)48-32(29)43-22-8-6-9-25(22)53/h4-5,7,10-12,15-17,20,22,25,30,52-54H,6,8-9,13-14,18H2,1-3H3,(H,43,46,48)(H2,41,42,47,49,50). The molecule has 9 rings (SSSR count). The van der Waals surface area contributed by atoms with E-state index < -0.39 is 23.9 Å². The predicted molar refractivity (Wildman–Crippen MR) is 225 cm³/mol. The first-order valence-corrected chi connectivity index (χ1v) is 20.9. The summed E-state index contributed by atoms with van der Waals surface area (Å²) in [5.41, 5.74) is 1.56. The number of benzene rings is 2. The Kier molecular flexibility index (Phi) is 10.2. The molecule has 2 fully saturated rings. The van der Waals surface area contributed by atoms with Crippen molar-refractivity contribution >= 4 is 84.3 Å². The molecule has 5 heterocycles. The Morgan fingerprint density at radius 1 is 0.948 bits per heavy atom. The molecule has 5 unspecified atom stereocenters. The van der Waals surface area contributed by atoms with Crippen LogP contribution in [0.5, 0.6) is 5.75 Å². The van der Waals surface area contributed by atoms with E-state index in [1.54, 1.807) is 11.0 Å². The molecule has 0 spiro atoms. The Morgan fingerprint density at radius 2 is 1.74 bits per heavy atom. The summed E-state index contributed by atoms with van der Waals surface area (Å²) in [5, 5.41) is 44.9. The number of para-hydroxylation sites is 1. The van der Waals surface area contributed by atoms with Gasteiger partial charge in [-0.3, -0.25) is 5.32 Å². The van der Waals surface area contributed by atoms with Crippen LogP contribution in [-0.2, 0) is 0 Å². The lowest BCUT2D eigenvalue weighted by Gasteiger charge is -2.34. The number of hydrogen-bond donors (Lipinski definition) is 6. The Hall–Kier alpha value is -5.24. The van der Waals surface area contributed by atoms with Gasteiger partial charge in [-0.15, -0.1) is 22.7 Å². The quantitative estimate of drug-likeness (QED) is 0.0548. The molecule has 5 aromatic heterocycles. The minimum Gasteiger partial charge on any atom is -0.485 e. The summed E-state index contributed by atoms with van der Waals surface area (Å²) in [6.45, 7) is 1.64. The molecule has 0 radical (unpaired) electrons. The number of thiazole rings is 2. The second kappa shape index (κ2) is 15.5. The molecule has 2 aromatic carbocycles. The van der Waals surface area contributed by atoms with Gasteiger partial charge >= 0.3 is 6.01 Å². The van der Waals surface area contributed by atoms with Gasteiger partial charge in [-0.2, -0.15) is 9.97 Å². The molecule has 0 amide bonds. The first-order valence-electron chi connectivity index (χ1n) is 18.8. The molecule has 7 aromatic rings. The van der Waals surface area contributed by atoms with E-state index in [9.17, 15) is 15.3 Å². The van der Waals surface area contributed by atoms with Crippen LogP contribution < -0.4 is 25.6 Å². The average Bonchev–Trinajstić information content (AvgIpc) is 4.04. The van der Waals surface area contributed by atoms with Crippen molar-refractivity contribution in [3.63, 3.8) is 0 Å². The minimum atomic E-state index is -1.67. The highest BCUT2D eigenvalue weighted by atomic mass is 35.5. The van der Waals surface area contributed by atoms with Crippen LogP contribution in [0.15, 0.2) is 59.3 Å². The SMILES string of the molecule is Cc1nc(Nc2ncco2)nc(NC2(O)CCC(CO)C2Oc2ccc3sc(-c4c(Cl)nc(N(C)C)nc4NC4CCCC4O)nc3c2)c1-c1nc2ccccc2s1. The maximum Gasteiger partial charge on any atom is 0.301 e. The van der Waals surface area contributed by atoms with E-state index in [1.165, 1.54) is 35.1 Å². The molecule has 2 aliphatic rings. The fourth-order valence-electron chi connectivity index (χ4n) is 7.58. The van der Waals surface area contributed by atoms with E-state index in [0.717, 1.165) is 27.8 Å². The average molecular weight is 842 g/mol. The lowest BCUT2D eigenvalue weighted by molar-refractivity contribution is -0.0401. The Labute approximate surface area is 345 Å². The number of aromatic nitrogens is 7. The number of anilines is 5. The number of fused-ring (bicyclic) bond motifs is 2. The largest absolute Gasteiger partial charge is 0.485 e. The van der Waals surface area contributed by atoms with Gasteiger partial charge in [0.25, 0.3) is 0 Å². The summed E-state index contributed by atoms with van der Waals surface area (Å²) >= 11 is 9.76. The molecule has 0 bridgehead atoms. The minimum absolute atomic E-state index is 0.174. The van der Waals surface area contributed by atoms with Crippen molar-refractivity contribution in [1.82, 2.24) is 34.9 Å². The van der Waals surface area contributed by atoms with Crippen LogP contribution in [0.2, 0.25) is 5.15 Å². The second-order valence-corrected chi connectivity index (χ2v) is 17.1. The highest BCUT2D eigenvalue weighted by molar-refractivity contribution is 7.22. The third kappa shape index (κ3) is 7.35. The van der Waals surface area contributed by atoms with Gasteiger partial charge in [0.1, 0.15) is 38.8 Å². The van der Waals surface area contributed by atoms with Crippen LogP contribution in [-0.4, -0.2) is 94.9 Å². The van der Waals surface area contributed by atoms with Crippen LogP contribution in [0.3, 0.4) is 0 Å². The number of oxazole rings is 1. The van der Waals surface area contributed by atoms with E-state index >= 15 is 0 Å². The van der Waals surface area contributed by atoms with Crippen molar-refractivity contribution in [2.24, 2.45) is 5.92 Å². The zero-order valence-corrected chi connectivity index (χ0v) is 34.1. The number of aliphatic hydroxyl groups is 3. The van der Waals surface area contributed by atoms with E-state index in [-0.39, 0.29) is 36.2 Å². The summed E-state index contributed by atoms with van der Waals surface area (Å²) in [7, 11) is 3.68. The van der Waals surface area contributed by atoms with E-state index in [1.807, 2.05) is 57.4 Å². The smallest absolute Gasteiger partial charge is 0.301 e. The van der Waals surface area contributed by atoms with Crippen molar-refractivity contribution in [2.45, 2.75) is 63.0 Å². The molecular weight excluding hydrogens is 802 g/mol. The number of aryl methyl sites for hydroxylation is 1. The zero-order chi connectivity index (χ0) is 40.1. The Balaban J connectivity index is 1.05. The number of rotatable bonds is 12. The molecular formula is C39H40ClN11O5S2. The van der Waals surface area contributed by atoms with Gasteiger partial charge in [0, 0.05) is 32.7 Å². The van der Waals surface area contributed by atoms with Gasteiger partial charge in [0.05, 0.1) is 55.6 Å². The van der Waals surface area contributed by atoms with Crippen molar-refractivity contribution in [1.29, 1.82) is 0 Å². The van der Waals surface area contributed by atoms with Crippen molar-refractivity contribution in [2.75, 3.05) is 41.6 Å². The van der Waals surface area contributed by atoms with Gasteiger partial charge in [0.2, 0.25) is 11.9 Å². The topological polar surface area (TPSA) is 213 Å². The Bertz CT molecular complexity index is 2570.